The highest BCUT2D eigenvalue weighted by Gasteiger charge is 2.26. The Kier molecular flexibility index (Phi) is 9.20. The van der Waals surface area contributed by atoms with E-state index in [0.717, 1.165) is 16.7 Å². The molecule has 0 fully saturated rings. The van der Waals surface area contributed by atoms with Crippen molar-refractivity contribution in [2.45, 2.75) is 47.2 Å². The van der Waals surface area contributed by atoms with Crippen LogP contribution in [0.3, 0.4) is 0 Å². The number of nitrogens with zero attached hydrogens (tertiary/aromatic N) is 1. The third-order valence-corrected chi connectivity index (χ3v) is 5.74. The van der Waals surface area contributed by atoms with Crippen LogP contribution < -0.4 is 10.1 Å². The maximum Gasteiger partial charge on any atom is 0.261 e. The van der Waals surface area contributed by atoms with E-state index < -0.39 is 6.04 Å². The molecule has 0 heterocycles. The van der Waals surface area contributed by atoms with Gasteiger partial charge in [-0.05, 0) is 67.6 Å². The van der Waals surface area contributed by atoms with Crippen molar-refractivity contribution in [2.75, 3.05) is 13.2 Å². The highest BCUT2D eigenvalue weighted by Crippen LogP contribution is 2.26. The van der Waals surface area contributed by atoms with Crippen molar-refractivity contribution in [3.63, 3.8) is 0 Å². The molecule has 2 aromatic rings. The van der Waals surface area contributed by atoms with Gasteiger partial charge in [0.2, 0.25) is 5.91 Å². The number of hydrogen-bond donors (Lipinski definition) is 1. The van der Waals surface area contributed by atoms with Gasteiger partial charge in [0.15, 0.2) is 6.61 Å². The first-order chi connectivity index (χ1) is 14.6. The second-order valence-electron chi connectivity index (χ2n) is 8.12. The summed E-state index contributed by atoms with van der Waals surface area (Å²) in [7, 11) is 0. The summed E-state index contributed by atoms with van der Waals surface area (Å²) in [5.74, 6) is 0.397. The summed E-state index contributed by atoms with van der Waals surface area (Å²) >= 11 is 12.2. The van der Waals surface area contributed by atoms with Crippen LogP contribution in [0.15, 0.2) is 36.4 Å². The van der Waals surface area contributed by atoms with Crippen LogP contribution in [-0.2, 0) is 16.1 Å². The van der Waals surface area contributed by atoms with Crippen molar-refractivity contribution in [3.8, 4) is 5.75 Å². The monoisotopic (exact) mass is 464 g/mol. The molecule has 2 rings (SSSR count). The van der Waals surface area contributed by atoms with Crippen LogP contribution in [0, 0.1) is 19.8 Å². The molecule has 5 nitrogen and oxygen atoms in total. The van der Waals surface area contributed by atoms with Crippen molar-refractivity contribution < 1.29 is 14.3 Å². The maximum absolute atomic E-state index is 13.1. The molecule has 2 aromatic carbocycles. The number of carbonyl (C=O) groups is 2. The van der Waals surface area contributed by atoms with E-state index in [0.29, 0.717) is 28.3 Å². The van der Waals surface area contributed by atoms with Crippen LogP contribution in [0.25, 0.3) is 0 Å². The lowest BCUT2D eigenvalue weighted by atomic mass is 10.1. The second-order valence-corrected chi connectivity index (χ2v) is 8.94. The normalized spacial score (nSPS) is 11.9. The molecule has 168 valence electrons. The smallest absolute Gasteiger partial charge is 0.261 e. The van der Waals surface area contributed by atoms with Gasteiger partial charge in [-0.3, -0.25) is 9.59 Å². The number of nitrogens with one attached hydrogen (secondary N) is 1. The van der Waals surface area contributed by atoms with Crippen LogP contribution in [0.4, 0.5) is 0 Å². The summed E-state index contributed by atoms with van der Waals surface area (Å²) in [6.45, 7) is 10.2. The van der Waals surface area contributed by atoms with Gasteiger partial charge in [0.05, 0.1) is 0 Å². The topological polar surface area (TPSA) is 58.6 Å². The predicted molar refractivity (Wildman–Crippen MR) is 126 cm³/mol. The first kappa shape index (κ1) is 25.0. The predicted octanol–water partition coefficient (Wildman–Crippen LogP) is 5.18. The number of aryl methyl sites for hydroxylation is 2. The van der Waals surface area contributed by atoms with Crippen LogP contribution >= 0.6 is 23.2 Å². The Balaban J connectivity index is 2.16. The van der Waals surface area contributed by atoms with E-state index in [-0.39, 0.29) is 25.0 Å². The third-order valence-electron chi connectivity index (χ3n) is 4.89. The molecule has 7 heteroatoms. The molecule has 0 aliphatic carbocycles. The van der Waals surface area contributed by atoms with Gasteiger partial charge in [-0.2, -0.15) is 0 Å². The molecule has 0 aliphatic rings. The molecule has 0 saturated carbocycles. The van der Waals surface area contributed by atoms with Gasteiger partial charge in [0, 0.05) is 23.1 Å². The third kappa shape index (κ3) is 7.44. The average molecular weight is 465 g/mol. The molecule has 0 spiro atoms. The summed E-state index contributed by atoms with van der Waals surface area (Å²) in [6.07, 6.45) is 0. The summed E-state index contributed by atoms with van der Waals surface area (Å²) < 4.78 is 5.75. The Hall–Kier alpha value is -2.24. The molecule has 2 amide bonds. The van der Waals surface area contributed by atoms with Gasteiger partial charge < -0.3 is 15.0 Å². The summed E-state index contributed by atoms with van der Waals surface area (Å²) in [5.41, 5.74) is 2.63. The van der Waals surface area contributed by atoms with Gasteiger partial charge >= 0.3 is 0 Å². The molecule has 0 bridgehead atoms. The van der Waals surface area contributed by atoms with E-state index in [1.165, 1.54) is 4.90 Å². The highest BCUT2D eigenvalue weighted by atomic mass is 35.5. The van der Waals surface area contributed by atoms with Crippen molar-refractivity contribution in [2.24, 2.45) is 5.92 Å². The van der Waals surface area contributed by atoms with Crippen LogP contribution in [0.1, 0.15) is 37.5 Å². The molecule has 31 heavy (non-hydrogen) atoms. The summed E-state index contributed by atoms with van der Waals surface area (Å²) in [4.78, 5) is 27.3. The molecular formula is C24H30Cl2N2O3. The lowest BCUT2D eigenvalue weighted by molar-refractivity contribution is -0.142. The molecule has 0 radical (unpaired) electrons. The molecule has 0 unspecified atom stereocenters. The lowest BCUT2D eigenvalue weighted by Crippen LogP contribution is -2.49. The van der Waals surface area contributed by atoms with Gasteiger partial charge in [-0.1, -0.05) is 49.2 Å². The molecule has 1 N–H and O–H groups in total. The van der Waals surface area contributed by atoms with E-state index in [1.807, 2.05) is 39.8 Å². The van der Waals surface area contributed by atoms with E-state index >= 15 is 0 Å². The standard InChI is InChI=1S/C24H30Cl2N2O3/c1-15(2)12-27-24(30)18(5)28(13-19-6-8-20(25)9-7-19)22(29)14-31-21-10-16(3)23(26)17(4)11-21/h6-11,15,18H,12-14H2,1-5H3,(H,27,30)/t18-/m0/s1. The minimum absolute atomic E-state index is 0.185. The number of halogens is 2. The SMILES string of the molecule is Cc1cc(OCC(=O)N(Cc2ccc(Cl)cc2)[C@@H](C)C(=O)NCC(C)C)cc(C)c1Cl. The minimum atomic E-state index is -0.654. The Bertz CT molecular complexity index is 891. The number of rotatable bonds is 9. The zero-order valence-electron chi connectivity index (χ0n) is 18.7. The number of hydrogen-bond acceptors (Lipinski definition) is 3. The van der Waals surface area contributed by atoms with E-state index in [9.17, 15) is 9.59 Å². The van der Waals surface area contributed by atoms with Crippen molar-refractivity contribution >= 4 is 35.0 Å². The largest absolute Gasteiger partial charge is 0.484 e. The lowest BCUT2D eigenvalue weighted by Gasteiger charge is -2.29. The Morgan fingerprint density at radius 2 is 1.61 bits per heavy atom. The quantitative estimate of drug-likeness (QED) is 0.555. The van der Waals surface area contributed by atoms with E-state index in [1.54, 1.807) is 31.2 Å². The van der Waals surface area contributed by atoms with Crippen LogP contribution in [0.2, 0.25) is 10.0 Å². The average Bonchev–Trinajstić information content (AvgIpc) is 2.73. The Labute approximate surface area is 194 Å². The molecule has 0 aliphatic heterocycles. The Morgan fingerprint density at radius 1 is 1.03 bits per heavy atom. The van der Waals surface area contributed by atoms with E-state index in [4.69, 9.17) is 27.9 Å². The van der Waals surface area contributed by atoms with Crippen LogP contribution in [0.5, 0.6) is 5.75 Å². The van der Waals surface area contributed by atoms with Gasteiger partial charge in [-0.25, -0.2) is 0 Å². The fraction of sp³-hybridized carbons (Fsp3) is 0.417. The fourth-order valence-corrected chi connectivity index (χ4v) is 3.27. The van der Waals surface area contributed by atoms with Crippen molar-refractivity contribution in [3.05, 3.63) is 63.1 Å². The van der Waals surface area contributed by atoms with Crippen molar-refractivity contribution in [1.82, 2.24) is 10.2 Å². The fourth-order valence-electron chi connectivity index (χ4n) is 3.04. The number of amides is 2. The number of carbonyl (C=O) groups excluding carboxylic acids is 2. The number of ether oxygens (including phenoxy) is 1. The number of benzene rings is 2. The first-order valence-corrected chi connectivity index (χ1v) is 11.0. The molecule has 0 aromatic heterocycles. The summed E-state index contributed by atoms with van der Waals surface area (Å²) in [6, 6.07) is 10.1. The second kappa shape index (κ2) is 11.4. The van der Waals surface area contributed by atoms with Gasteiger partial charge in [-0.15, -0.1) is 0 Å². The summed E-state index contributed by atoms with van der Waals surface area (Å²) in [5, 5.41) is 4.19. The Morgan fingerprint density at radius 3 is 2.16 bits per heavy atom. The maximum atomic E-state index is 13.1. The minimum Gasteiger partial charge on any atom is -0.484 e. The zero-order valence-corrected chi connectivity index (χ0v) is 20.2. The zero-order chi connectivity index (χ0) is 23.1. The van der Waals surface area contributed by atoms with Crippen molar-refractivity contribution in [1.29, 1.82) is 0 Å². The van der Waals surface area contributed by atoms with Gasteiger partial charge in [0.1, 0.15) is 11.8 Å². The van der Waals surface area contributed by atoms with Crippen LogP contribution in [-0.4, -0.2) is 35.9 Å². The highest BCUT2D eigenvalue weighted by molar-refractivity contribution is 6.32. The van der Waals surface area contributed by atoms with Gasteiger partial charge in [0.25, 0.3) is 5.91 Å². The molecule has 1 atom stereocenters. The van der Waals surface area contributed by atoms with E-state index in [2.05, 4.69) is 5.32 Å². The first-order valence-electron chi connectivity index (χ1n) is 10.3. The molecular weight excluding hydrogens is 435 g/mol. The molecule has 0 saturated heterocycles.